The van der Waals surface area contributed by atoms with Gasteiger partial charge in [0.15, 0.2) is 6.29 Å². The molecule has 120 valence electrons. The van der Waals surface area contributed by atoms with Crippen molar-refractivity contribution in [2.24, 2.45) is 0 Å². The van der Waals surface area contributed by atoms with Gasteiger partial charge in [-0.2, -0.15) is 0 Å². The lowest BCUT2D eigenvalue weighted by Gasteiger charge is -2.04. The van der Waals surface area contributed by atoms with Crippen LogP contribution in [-0.2, 0) is 4.79 Å². The highest BCUT2D eigenvalue weighted by Crippen LogP contribution is 2.28. The normalized spacial score (nSPS) is 12.0. The Morgan fingerprint density at radius 2 is 1.92 bits per heavy atom. The van der Waals surface area contributed by atoms with E-state index in [9.17, 15) is 9.18 Å². The van der Waals surface area contributed by atoms with Crippen molar-refractivity contribution in [3.8, 4) is 5.69 Å². The zero-order valence-electron chi connectivity index (χ0n) is 12.2. The van der Waals surface area contributed by atoms with E-state index in [0.717, 1.165) is 5.69 Å². The van der Waals surface area contributed by atoms with Gasteiger partial charge in [-0.05, 0) is 42.0 Å². The van der Waals surface area contributed by atoms with E-state index in [1.807, 2.05) is 0 Å². The summed E-state index contributed by atoms with van der Waals surface area (Å²) in [5.41, 5.74) is 1.94. The van der Waals surface area contributed by atoms with Crippen molar-refractivity contribution >= 4 is 40.1 Å². The number of benzene rings is 1. The number of hydrogen-bond donors (Lipinski definition) is 0. The van der Waals surface area contributed by atoms with Crippen molar-refractivity contribution in [3.63, 3.8) is 0 Å². The molecule has 0 N–H and O–H groups in total. The number of halogens is 3. The van der Waals surface area contributed by atoms with Crippen LogP contribution in [0.4, 0.5) is 4.39 Å². The Morgan fingerprint density at radius 3 is 2.58 bits per heavy atom. The van der Waals surface area contributed by atoms with Gasteiger partial charge in [0.25, 0.3) is 0 Å². The van der Waals surface area contributed by atoms with Crippen molar-refractivity contribution in [1.29, 1.82) is 0 Å². The van der Waals surface area contributed by atoms with E-state index in [-0.39, 0.29) is 21.6 Å². The van der Waals surface area contributed by atoms with Crippen LogP contribution < -0.4 is 0 Å². The Labute approximate surface area is 147 Å². The van der Waals surface area contributed by atoms with Crippen LogP contribution in [0.1, 0.15) is 11.3 Å². The molecule has 0 spiro atoms. The molecule has 3 aromatic rings. The van der Waals surface area contributed by atoms with Gasteiger partial charge in [-0.15, -0.1) is 0 Å². The van der Waals surface area contributed by atoms with Gasteiger partial charge in [0.05, 0.1) is 11.4 Å². The highest BCUT2D eigenvalue weighted by Gasteiger charge is 2.13. The van der Waals surface area contributed by atoms with Crippen LogP contribution in [-0.4, -0.2) is 20.8 Å². The van der Waals surface area contributed by atoms with Gasteiger partial charge in [-0.1, -0.05) is 23.2 Å². The summed E-state index contributed by atoms with van der Waals surface area (Å²) in [5.74, 6) is -0.324. The molecule has 0 saturated carbocycles. The molecule has 0 aliphatic rings. The van der Waals surface area contributed by atoms with Gasteiger partial charge in [-0.25, -0.2) is 14.4 Å². The van der Waals surface area contributed by atoms with Crippen LogP contribution in [0.5, 0.6) is 0 Å². The van der Waals surface area contributed by atoms with Gasteiger partial charge in [0, 0.05) is 23.7 Å². The number of hydrogen-bond acceptors (Lipinski definition) is 3. The molecule has 2 heterocycles. The second kappa shape index (κ2) is 6.95. The molecule has 0 saturated heterocycles. The molecular weight excluding hydrogens is 352 g/mol. The summed E-state index contributed by atoms with van der Waals surface area (Å²) in [6.45, 7) is 0. The van der Waals surface area contributed by atoms with Gasteiger partial charge in [0.2, 0.25) is 0 Å². The Hall–Kier alpha value is -2.50. The summed E-state index contributed by atoms with van der Waals surface area (Å²) in [6.07, 6.45) is 5.32. The lowest BCUT2D eigenvalue weighted by atomic mass is 10.1. The summed E-state index contributed by atoms with van der Waals surface area (Å²) in [6, 6.07) is 9.10. The fourth-order valence-corrected chi connectivity index (χ4v) is 2.57. The highest BCUT2D eigenvalue weighted by molar-refractivity contribution is 6.55. The summed E-state index contributed by atoms with van der Waals surface area (Å²) in [7, 11) is 0. The van der Waals surface area contributed by atoms with E-state index in [0.29, 0.717) is 17.5 Å². The van der Waals surface area contributed by atoms with Crippen LogP contribution in [0.2, 0.25) is 5.15 Å². The third-order valence-electron chi connectivity index (χ3n) is 3.32. The minimum atomic E-state index is -0.324. The molecule has 0 bridgehead atoms. The first-order valence-electron chi connectivity index (χ1n) is 6.85. The van der Waals surface area contributed by atoms with E-state index in [1.165, 1.54) is 24.7 Å². The summed E-state index contributed by atoms with van der Waals surface area (Å²) in [4.78, 5) is 19.5. The number of allylic oxidation sites excluding steroid dienone is 1. The molecule has 0 atom stereocenters. The van der Waals surface area contributed by atoms with Crippen LogP contribution in [0.25, 0.3) is 16.3 Å². The van der Waals surface area contributed by atoms with Crippen molar-refractivity contribution in [2.75, 3.05) is 0 Å². The van der Waals surface area contributed by atoms with E-state index in [2.05, 4.69) is 9.97 Å². The minimum Gasteiger partial charge on any atom is -0.306 e. The van der Waals surface area contributed by atoms with E-state index in [1.54, 1.807) is 35.0 Å². The first-order valence-corrected chi connectivity index (χ1v) is 7.61. The molecule has 0 aliphatic carbocycles. The quantitative estimate of drug-likeness (QED) is 0.394. The molecule has 0 aliphatic heterocycles. The van der Waals surface area contributed by atoms with Crippen molar-refractivity contribution < 1.29 is 9.18 Å². The van der Waals surface area contributed by atoms with E-state index >= 15 is 0 Å². The number of pyridine rings is 1. The van der Waals surface area contributed by atoms with Gasteiger partial charge in [0.1, 0.15) is 16.7 Å². The topological polar surface area (TPSA) is 47.8 Å². The van der Waals surface area contributed by atoms with Crippen LogP contribution >= 0.6 is 23.2 Å². The summed E-state index contributed by atoms with van der Waals surface area (Å²) >= 11 is 12.2. The first kappa shape index (κ1) is 16.4. The van der Waals surface area contributed by atoms with E-state index < -0.39 is 0 Å². The van der Waals surface area contributed by atoms with Gasteiger partial charge in [-0.3, -0.25) is 4.79 Å². The standard InChI is InChI=1S/C17H10Cl2FN3O/c18-16-7-11(5-6-21-16)14(9-24)17(19)15-8-23(10-22-15)13-3-1-12(20)2-4-13/h1-10H/b17-14-. The number of nitrogens with zero attached hydrogens (tertiary/aromatic N) is 3. The smallest absolute Gasteiger partial charge is 0.152 e. The molecular formula is C17H10Cl2FN3O. The largest absolute Gasteiger partial charge is 0.306 e. The monoisotopic (exact) mass is 361 g/mol. The Balaban J connectivity index is 2.01. The van der Waals surface area contributed by atoms with Crippen molar-refractivity contribution in [2.45, 2.75) is 0 Å². The Bertz CT molecular complexity index is 920. The number of rotatable bonds is 4. The maximum absolute atomic E-state index is 13.0. The molecule has 1 aromatic carbocycles. The van der Waals surface area contributed by atoms with Gasteiger partial charge >= 0.3 is 0 Å². The van der Waals surface area contributed by atoms with Crippen molar-refractivity contribution in [1.82, 2.24) is 14.5 Å². The van der Waals surface area contributed by atoms with Crippen LogP contribution in [0.3, 0.4) is 0 Å². The van der Waals surface area contributed by atoms with Crippen molar-refractivity contribution in [3.05, 3.63) is 77.3 Å². The minimum absolute atomic E-state index is 0.188. The third-order valence-corrected chi connectivity index (χ3v) is 3.93. The third kappa shape index (κ3) is 3.37. The molecule has 2 aromatic heterocycles. The predicted molar refractivity (Wildman–Crippen MR) is 91.5 cm³/mol. The Kier molecular flexibility index (Phi) is 4.74. The molecule has 0 fully saturated rings. The predicted octanol–water partition coefficient (Wildman–Crippen LogP) is 4.37. The lowest BCUT2D eigenvalue weighted by Crippen LogP contribution is -1.92. The maximum atomic E-state index is 13.0. The average molecular weight is 362 g/mol. The SMILES string of the molecule is O=C/C(=C(/Cl)c1cn(-c2ccc(F)cc2)cn1)c1ccnc(Cl)c1. The number of aldehydes is 1. The van der Waals surface area contributed by atoms with E-state index in [4.69, 9.17) is 23.2 Å². The highest BCUT2D eigenvalue weighted by atomic mass is 35.5. The molecule has 3 rings (SSSR count). The molecule has 0 radical (unpaired) electrons. The second-order valence-electron chi connectivity index (χ2n) is 4.86. The van der Waals surface area contributed by atoms with Crippen LogP contribution in [0, 0.1) is 5.82 Å². The molecule has 4 nitrogen and oxygen atoms in total. The molecule has 0 unspecified atom stereocenters. The molecule has 24 heavy (non-hydrogen) atoms. The zero-order valence-corrected chi connectivity index (χ0v) is 13.7. The number of carbonyl (C=O) groups excluding carboxylic acids is 1. The summed E-state index contributed by atoms with van der Waals surface area (Å²) < 4.78 is 14.7. The first-order chi connectivity index (χ1) is 11.6. The molecule has 7 heteroatoms. The molecule has 0 amide bonds. The summed E-state index contributed by atoms with van der Waals surface area (Å²) in [5, 5.41) is 0.446. The number of carbonyl (C=O) groups is 1. The zero-order chi connectivity index (χ0) is 17.1. The fourth-order valence-electron chi connectivity index (χ4n) is 2.15. The fraction of sp³-hybridized carbons (Fsp3) is 0. The number of aromatic nitrogens is 3. The number of imidazole rings is 1. The maximum Gasteiger partial charge on any atom is 0.152 e. The lowest BCUT2D eigenvalue weighted by molar-refractivity contribution is -0.103. The van der Waals surface area contributed by atoms with Crippen LogP contribution in [0.15, 0.2) is 55.1 Å². The second-order valence-corrected chi connectivity index (χ2v) is 5.62. The van der Waals surface area contributed by atoms with Gasteiger partial charge < -0.3 is 4.57 Å². The average Bonchev–Trinajstić information content (AvgIpc) is 3.06. The Morgan fingerprint density at radius 1 is 1.17 bits per heavy atom.